The number of anilines is 1. The van der Waals surface area contributed by atoms with Crippen LogP contribution < -0.4 is 5.73 Å². The van der Waals surface area contributed by atoms with Crippen LogP contribution in [0.4, 0.5) is 5.95 Å². The van der Waals surface area contributed by atoms with Gasteiger partial charge in [0.2, 0.25) is 5.95 Å². The van der Waals surface area contributed by atoms with Gasteiger partial charge in [0, 0.05) is 22.0 Å². The van der Waals surface area contributed by atoms with Gasteiger partial charge in [-0.15, -0.1) is 0 Å². The zero-order chi connectivity index (χ0) is 14.4. The zero-order valence-corrected chi connectivity index (χ0v) is 11.5. The topological polar surface area (TPSA) is 64.9 Å². The number of furan rings is 1. The molecule has 0 bridgehead atoms. The van der Waals surface area contributed by atoms with E-state index in [2.05, 4.69) is 22.1 Å². The number of nitrogen functional groups attached to an aromatic ring is 1. The summed E-state index contributed by atoms with van der Waals surface area (Å²) in [6, 6.07) is 16.0. The van der Waals surface area contributed by atoms with Gasteiger partial charge < -0.3 is 10.2 Å². The number of nitrogens with zero attached hydrogens (tertiary/aromatic N) is 2. The van der Waals surface area contributed by atoms with E-state index in [-0.39, 0.29) is 0 Å². The van der Waals surface area contributed by atoms with Crippen LogP contribution in [-0.4, -0.2) is 9.97 Å². The van der Waals surface area contributed by atoms with Crippen LogP contribution in [0, 0.1) is 6.92 Å². The SMILES string of the molecule is Cc1cc(-c2ccc3oc4ccccc4c3c2)nc(N)n1. The Bertz CT molecular complexity index is 952. The first kappa shape index (κ1) is 11.9. The molecule has 0 amide bonds. The van der Waals surface area contributed by atoms with E-state index >= 15 is 0 Å². The van der Waals surface area contributed by atoms with Gasteiger partial charge in [0.05, 0.1) is 5.69 Å². The highest BCUT2D eigenvalue weighted by Gasteiger charge is 2.09. The minimum absolute atomic E-state index is 0.294. The minimum atomic E-state index is 0.294. The van der Waals surface area contributed by atoms with Crippen molar-refractivity contribution in [3.63, 3.8) is 0 Å². The number of nitrogens with two attached hydrogens (primary N) is 1. The summed E-state index contributed by atoms with van der Waals surface area (Å²) in [5, 5.41) is 2.19. The van der Waals surface area contributed by atoms with E-state index in [1.165, 1.54) is 0 Å². The molecule has 0 atom stereocenters. The van der Waals surface area contributed by atoms with Gasteiger partial charge in [0.25, 0.3) is 0 Å². The van der Waals surface area contributed by atoms with Crippen LogP contribution in [0.15, 0.2) is 52.9 Å². The average molecular weight is 275 g/mol. The molecule has 21 heavy (non-hydrogen) atoms. The van der Waals surface area contributed by atoms with Crippen LogP contribution in [0.5, 0.6) is 0 Å². The summed E-state index contributed by atoms with van der Waals surface area (Å²) < 4.78 is 5.83. The molecule has 0 aliphatic heterocycles. The number of hydrogen-bond acceptors (Lipinski definition) is 4. The molecule has 4 rings (SSSR count). The lowest BCUT2D eigenvalue weighted by atomic mass is 10.1. The van der Waals surface area contributed by atoms with Gasteiger partial charge in [0.15, 0.2) is 0 Å². The maximum absolute atomic E-state index is 5.83. The average Bonchev–Trinajstić information content (AvgIpc) is 2.84. The van der Waals surface area contributed by atoms with Crippen LogP contribution in [0.25, 0.3) is 33.2 Å². The van der Waals surface area contributed by atoms with E-state index in [4.69, 9.17) is 10.2 Å². The summed E-state index contributed by atoms with van der Waals surface area (Å²) in [6.45, 7) is 1.91. The number of rotatable bonds is 1. The second-order valence-electron chi connectivity index (χ2n) is 5.06. The molecule has 0 fully saturated rings. The Morgan fingerprint density at radius 2 is 1.71 bits per heavy atom. The second kappa shape index (κ2) is 4.31. The Morgan fingerprint density at radius 1 is 0.905 bits per heavy atom. The van der Waals surface area contributed by atoms with Crippen molar-refractivity contribution < 1.29 is 4.42 Å². The van der Waals surface area contributed by atoms with Crippen molar-refractivity contribution in [2.24, 2.45) is 0 Å². The van der Waals surface area contributed by atoms with Crippen LogP contribution in [0.2, 0.25) is 0 Å². The molecule has 2 aromatic carbocycles. The first-order valence-electron chi connectivity index (χ1n) is 6.73. The minimum Gasteiger partial charge on any atom is -0.456 e. The largest absolute Gasteiger partial charge is 0.456 e. The maximum atomic E-state index is 5.83. The van der Waals surface area contributed by atoms with Crippen molar-refractivity contribution >= 4 is 27.9 Å². The van der Waals surface area contributed by atoms with Crippen LogP contribution in [-0.2, 0) is 0 Å². The Hall–Kier alpha value is -2.88. The molecule has 0 saturated carbocycles. The zero-order valence-electron chi connectivity index (χ0n) is 11.5. The van der Waals surface area contributed by atoms with E-state index < -0.39 is 0 Å². The number of aromatic nitrogens is 2. The third-order valence-electron chi connectivity index (χ3n) is 3.54. The molecule has 4 aromatic rings. The van der Waals surface area contributed by atoms with Gasteiger partial charge in [-0.1, -0.05) is 18.2 Å². The summed E-state index contributed by atoms with van der Waals surface area (Å²) >= 11 is 0. The lowest BCUT2D eigenvalue weighted by Crippen LogP contribution is -1.98. The van der Waals surface area contributed by atoms with Gasteiger partial charge in [0.1, 0.15) is 11.2 Å². The van der Waals surface area contributed by atoms with Crippen molar-refractivity contribution in [1.82, 2.24) is 9.97 Å². The predicted octanol–water partition coefficient (Wildman–Crippen LogP) is 3.93. The third kappa shape index (κ3) is 1.92. The number of fused-ring (bicyclic) bond motifs is 3. The Morgan fingerprint density at radius 3 is 2.57 bits per heavy atom. The fourth-order valence-corrected chi connectivity index (χ4v) is 2.62. The van der Waals surface area contributed by atoms with Gasteiger partial charge in [-0.2, -0.15) is 0 Å². The smallest absolute Gasteiger partial charge is 0.220 e. The van der Waals surface area contributed by atoms with Crippen LogP contribution >= 0.6 is 0 Å². The Kier molecular flexibility index (Phi) is 2.44. The van der Waals surface area contributed by atoms with Crippen molar-refractivity contribution in [2.45, 2.75) is 6.92 Å². The highest BCUT2D eigenvalue weighted by atomic mass is 16.3. The summed E-state index contributed by atoms with van der Waals surface area (Å²) in [4.78, 5) is 8.42. The van der Waals surface area contributed by atoms with Crippen molar-refractivity contribution in [3.8, 4) is 11.3 Å². The Labute approximate surface area is 121 Å². The second-order valence-corrected chi connectivity index (χ2v) is 5.06. The molecular formula is C17H13N3O. The molecule has 2 N–H and O–H groups in total. The first-order chi connectivity index (χ1) is 10.2. The molecule has 4 nitrogen and oxygen atoms in total. The fourth-order valence-electron chi connectivity index (χ4n) is 2.62. The summed E-state index contributed by atoms with van der Waals surface area (Å²) in [6.07, 6.45) is 0. The van der Waals surface area contributed by atoms with Gasteiger partial charge >= 0.3 is 0 Å². The van der Waals surface area contributed by atoms with Crippen molar-refractivity contribution in [2.75, 3.05) is 5.73 Å². The lowest BCUT2D eigenvalue weighted by molar-refractivity contribution is 0.669. The number of benzene rings is 2. The molecule has 0 unspecified atom stereocenters. The van der Waals surface area contributed by atoms with Gasteiger partial charge in [-0.3, -0.25) is 0 Å². The fraction of sp³-hybridized carbons (Fsp3) is 0.0588. The summed E-state index contributed by atoms with van der Waals surface area (Å²) in [5.74, 6) is 0.294. The van der Waals surface area contributed by atoms with E-state index in [0.29, 0.717) is 5.95 Å². The monoisotopic (exact) mass is 275 g/mol. The normalized spacial score (nSPS) is 11.3. The highest BCUT2D eigenvalue weighted by Crippen LogP contribution is 2.31. The van der Waals surface area contributed by atoms with Crippen molar-refractivity contribution in [1.29, 1.82) is 0 Å². The van der Waals surface area contributed by atoms with E-state index in [9.17, 15) is 0 Å². The molecule has 0 spiro atoms. The van der Waals surface area contributed by atoms with Gasteiger partial charge in [-0.25, -0.2) is 9.97 Å². The van der Waals surface area contributed by atoms with Gasteiger partial charge in [-0.05, 0) is 37.3 Å². The molecule has 0 radical (unpaired) electrons. The summed E-state index contributed by atoms with van der Waals surface area (Å²) in [7, 11) is 0. The first-order valence-corrected chi connectivity index (χ1v) is 6.73. The third-order valence-corrected chi connectivity index (χ3v) is 3.54. The highest BCUT2D eigenvalue weighted by molar-refractivity contribution is 6.06. The van der Waals surface area contributed by atoms with E-state index in [1.54, 1.807) is 0 Å². The number of para-hydroxylation sites is 1. The molecule has 0 saturated heterocycles. The molecule has 0 aliphatic carbocycles. The summed E-state index contributed by atoms with van der Waals surface area (Å²) in [5.41, 5.74) is 10.2. The Balaban J connectivity index is 1.99. The maximum Gasteiger partial charge on any atom is 0.220 e. The molecule has 0 aliphatic rings. The molecule has 2 heterocycles. The quantitative estimate of drug-likeness (QED) is 0.571. The molecular weight excluding hydrogens is 262 g/mol. The number of hydrogen-bond donors (Lipinski definition) is 1. The molecule has 2 aromatic heterocycles. The lowest BCUT2D eigenvalue weighted by Gasteiger charge is -2.03. The van der Waals surface area contributed by atoms with Crippen molar-refractivity contribution in [3.05, 3.63) is 54.2 Å². The van der Waals surface area contributed by atoms with E-state index in [0.717, 1.165) is 38.9 Å². The number of aryl methyl sites for hydroxylation is 1. The molecule has 102 valence electrons. The van der Waals surface area contributed by atoms with Crippen LogP contribution in [0.3, 0.4) is 0 Å². The van der Waals surface area contributed by atoms with Crippen LogP contribution in [0.1, 0.15) is 5.69 Å². The molecule has 4 heteroatoms. The van der Waals surface area contributed by atoms with E-state index in [1.807, 2.05) is 43.3 Å². The standard InChI is InChI=1S/C17H13N3O/c1-10-8-14(20-17(18)19-10)11-6-7-16-13(9-11)12-4-2-3-5-15(12)21-16/h2-9H,1H3,(H2,18,19,20). The predicted molar refractivity (Wildman–Crippen MR) is 83.9 cm³/mol.